The molecule has 0 aliphatic carbocycles. The van der Waals surface area contributed by atoms with Crippen LogP contribution >= 0.6 is 0 Å². The molecule has 1 unspecified atom stereocenters. The Hall–Kier alpha value is -2.53. The lowest BCUT2D eigenvalue weighted by Crippen LogP contribution is -2.31. The molecule has 24 heavy (non-hydrogen) atoms. The van der Waals surface area contributed by atoms with Crippen molar-refractivity contribution in [1.82, 2.24) is 15.0 Å². The zero-order valence-electron chi connectivity index (χ0n) is 14.0. The predicted octanol–water partition coefficient (Wildman–Crippen LogP) is 3.24. The van der Waals surface area contributed by atoms with Gasteiger partial charge in [0.25, 0.3) is 0 Å². The summed E-state index contributed by atoms with van der Waals surface area (Å²) in [5.41, 5.74) is 1.61. The molecule has 0 saturated heterocycles. The quantitative estimate of drug-likeness (QED) is 0.729. The van der Waals surface area contributed by atoms with Crippen LogP contribution in [-0.2, 0) is 0 Å². The number of aromatic nitrogens is 3. The van der Waals surface area contributed by atoms with Crippen molar-refractivity contribution >= 4 is 16.9 Å². The van der Waals surface area contributed by atoms with Gasteiger partial charge in [0.15, 0.2) is 5.65 Å². The number of pyridine rings is 1. The van der Waals surface area contributed by atoms with Crippen LogP contribution < -0.4 is 5.32 Å². The molecule has 1 aromatic carbocycles. The highest BCUT2D eigenvalue weighted by atomic mass is 16.3. The Morgan fingerprint density at radius 1 is 1.04 bits per heavy atom. The van der Waals surface area contributed by atoms with Gasteiger partial charge in [0.1, 0.15) is 12.1 Å². The largest absolute Gasteiger partial charge is 0.396 e. The number of benzene rings is 1. The van der Waals surface area contributed by atoms with E-state index in [1.165, 1.54) is 11.9 Å². The Balaban J connectivity index is 1.88. The summed E-state index contributed by atoms with van der Waals surface area (Å²) in [6, 6.07) is 14.1. The molecule has 2 aromatic heterocycles. The van der Waals surface area contributed by atoms with Crippen LogP contribution in [-0.4, -0.2) is 33.2 Å². The number of rotatable bonds is 6. The van der Waals surface area contributed by atoms with Crippen molar-refractivity contribution in [2.75, 3.05) is 18.5 Å². The molecule has 1 atom stereocenters. The van der Waals surface area contributed by atoms with Gasteiger partial charge in [-0.05, 0) is 23.1 Å². The fourth-order valence-electron chi connectivity index (χ4n) is 2.88. The summed E-state index contributed by atoms with van der Waals surface area (Å²) >= 11 is 0. The molecular weight excluding hydrogens is 300 g/mol. The summed E-state index contributed by atoms with van der Waals surface area (Å²) in [5.74, 6) is 0.910. The Bertz CT molecular complexity index is 799. The molecule has 5 heteroatoms. The number of hydrogen-bond acceptors (Lipinski definition) is 5. The van der Waals surface area contributed by atoms with Crippen LogP contribution in [0.3, 0.4) is 0 Å². The van der Waals surface area contributed by atoms with Gasteiger partial charge in [-0.25, -0.2) is 15.0 Å². The summed E-state index contributed by atoms with van der Waals surface area (Å²) in [5, 5.41) is 14.2. The van der Waals surface area contributed by atoms with Crippen LogP contribution in [0.15, 0.2) is 55.0 Å². The maximum atomic E-state index is 9.83. The Labute approximate surface area is 141 Å². The second kappa shape index (κ2) is 6.93. The van der Waals surface area contributed by atoms with Crippen molar-refractivity contribution in [3.8, 4) is 0 Å². The maximum absolute atomic E-state index is 9.83. The minimum absolute atomic E-state index is 0.111. The highest BCUT2D eigenvalue weighted by Crippen LogP contribution is 2.35. The Morgan fingerprint density at radius 2 is 1.83 bits per heavy atom. The predicted molar refractivity (Wildman–Crippen MR) is 95.9 cm³/mol. The summed E-state index contributed by atoms with van der Waals surface area (Å²) in [6.07, 6.45) is 3.24. The fourth-order valence-corrected chi connectivity index (χ4v) is 2.88. The van der Waals surface area contributed by atoms with E-state index in [-0.39, 0.29) is 17.9 Å². The molecule has 0 fully saturated rings. The van der Waals surface area contributed by atoms with E-state index in [1.807, 2.05) is 30.3 Å². The molecule has 0 amide bonds. The van der Waals surface area contributed by atoms with Gasteiger partial charge in [-0.3, -0.25) is 0 Å². The van der Waals surface area contributed by atoms with E-state index >= 15 is 0 Å². The van der Waals surface area contributed by atoms with Crippen molar-refractivity contribution in [3.05, 3.63) is 60.6 Å². The first kappa shape index (κ1) is 16.3. The minimum atomic E-state index is -0.255. The molecule has 0 radical (unpaired) electrons. The first-order valence-corrected chi connectivity index (χ1v) is 8.07. The van der Waals surface area contributed by atoms with Crippen LogP contribution in [0, 0.1) is 5.41 Å². The van der Waals surface area contributed by atoms with Crippen molar-refractivity contribution in [1.29, 1.82) is 0 Å². The van der Waals surface area contributed by atoms with Crippen LogP contribution in [0.2, 0.25) is 0 Å². The number of anilines is 1. The van der Waals surface area contributed by atoms with E-state index in [1.54, 1.807) is 6.20 Å². The molecule has 0 spiro atoms. The lowest BCUT2D eigenvalue weighted by molar-refractivity contribution is 0.134. The molecule has 2 heterocycles. The second-order valence-electron chi connectivity index (χ2n) is 6.59. The van der Waals surface area contributed by atoms with E-state index in [0.29, 0.717) is 12.2 Å². The van der Waals surface area contributed by atoms with Gasteiger partial charge < -0.3 is 10.4 Å². The number of nitrogens with zero attached hydrogens (tertiary/aromatic N) is 3. The lowest BCUT2D eigenvalue weighted by Gasteiger charge is -2.33. The number of aliphatic hydroxyl groups excluding tert-OH is 1. The zero-order valence-corrected chi connectivity index (χ0v) is 14.0. The van der Waals surface area contributed by atoms with Crippen molar-refractivity contribution in [3.63, 3.8) is 0 Å². The monoisotopic (exact) mass is 322 g/mol. The number of fused-ring (bicyclic) bond motifs is 1. The lowest BCUT2D eigenvalue weighted by atomic mass is 9.75. The average Bonchev–Trinajstić information content (AvgIpc) is 2.63. The molecule has 0 saturated carbocycles. The third-order valence-corrected chi connectivity index (χ3v) is 4.44. The highest BCUT2D eigenvalue weighted by Gasteiger charge is 2.30. The molecule has 124 valence electrons. The highest BCUT2D eigenvalue weighted by molar-refractivity contribution is 5.85. The fraction of sp³-hybridized carbons (Fsp3) is 0.316. The van der Waals surface area contributed by atoms with Gasteiger partial charge in [-0.1, -0.05) is 44.2 Å². The van der Waals surface area contributed by atoms with Crippen molar-refractivity contribution in [2.45, 2.75) is 19.8 Å². The zero-order chi connectivity index (χ0) is 17.0. The third kappa shape index (κ3) is 3.36. The van der Waals surface area contributed by atoms with E-state index in [9.17, 15) is 5.11 Å². The van der Waals surface area contributed by atoms with Gasteiger partial charge in [-0.15, -0.1) is 0 Å². The summed E-state index contributed by atoms with van der Waals surface area (Å²) in [4.78, 5) is 12.8. The molecule has 3 aromatic rings. The van der Waals surface area contributed by atoms with Gasteiger partial charge >= 0.3 is 0 Å². The summed E-state index contributed by atoms with van der Waals surface area (Å²) in [7, 11) is 0. The first-order valence-electron chi connectivity index (χ1n) is 8.07. The Kier molecular flexibility index (Phi) is 4.71. The smallest absolute Gasteiger partial charge is 0.164 e. The standard InChI is InChI=1S/C19H22N4O/c1-19(2,12-24)16(14-7-4-3-5-8-14)11-21-18-15-9-6-10-20-17(15)22-13-23-18/h3-10,13,16,24H,11-12H2,1-2H3,(H,20,21,22,23). The van der Waals surface area contributed by atoms with Crippen molar-refractivity contribution < 1.29 is 5.11 Å². The van der Waals surface area contributed by atoms with E-state index in [4.69, 9.17) is 0 Å². The average molecular weight is 322 g/mol. The van der Waals surface area contributed by atoms with Crippen LogP contribution in [0.4, 0.5) is 5.82 Å². The molecule has 0 aliphatic heterocycles. The van der Waals surface area contributed by atoms with Gasteiger partial charge in [0, 0.05) is 25.3 Å². The first-order chi connectivity index (χ1) is 11.6. The molecule has 0 bridgehead atoms. The topological polar surface area (TPSA) is 70.9 Å². The summed E-state index contributed by atoms with van der Waals surface area (Å²) < 4.78 is 0. The summed E-state index contributed by atoms with van der Waals surface area (Å²) in [6.45, 7) is 4.93. The maximum Gasteiger partial charge on any atom is 0.164 e. The SMILES string of the molecule is CC(C)(CO)C(CNc1ncnc2ncccc12)c1ccccc1. The molecular formula is C19H22N4O. The normalized spacial score (nSPS) is 13.0. The van der Waals surface area contributed by atoms with Crippen LogP contribution in [0.25, 0.3) is 11.0 Å². The molecule has 0 aliphatic rings. The van der Waals surface area contributed by atoms with Gasteiger partial charge in [-0.2, -0.15) is 0 Å². The number of hydrogen-bond donors (Lipinski definition) is 2. The molecule has 5 nitrogen and oxygen atoms in total. The van der Waals surface area contributed by atoms with Gasteiger partial charge in [0.2, 0.25) is 0 Å². The van der Waals surface area contributed by atoms with Crippen LogP contribution in [0.1, 0.15) is 25.3 Å². The number of aliphatic hydroxyl groups is 1. The second-order valence-corrected chi connectivity index (χ2v) is 6.59. The van der Waals surface area contributed by atoms with E-state index < -0.39 is 0 Å². The molecule has 2 N–H and O–H groups in total. The van der Waals surface area contributed by atoms with Gasteiger partial charge in [0.05, 0.1) is 5.39 Å². The van der Waals surface area contributed by atoms with Crippen LogP contribution in [0.5, 0.6) is 0 Å². The third-order valence-electron chi connectivity index (χ3n) is 4.44. The minimum Gasteiger partial charge on any atom is -0.396 e. The Morgan fingerprint density at radius 3 is 2.58 bits per heavy atom. The van der Waals surface area contributed by atoms with E-state index in [0.717, 1.165) is 11.2 Å². The number of nitrogens with one attached hydrogen (secondary N) is 1. The van der Waals surface area contributed by atoms with E-state index in [2.05, 4.69) is 46.2 Å². The molecule has 3 rings (SSSR count). The van der Waals surface area contributed by atoms with Crippen molar-refractivity contribution in [2.24, 2.45) is 5.41 Å².